The number of rotatable bonds is 7. The van der Waals surface area contributed by atoms with Gasteiger partial charge in [-0.3, -0.25) is 0 Å². The maximum absolute atomic E-state index is 11.1. The van der Waals surface area contributed by atoms with E-state index in [0.717, 1.165) is 55.9 Å². The van der Waals surface area contributed by atoms with E-state index in [2.05, 4.69) is 15.0 Å². The molecule has 6 rings (SSSR count). The molecule has 0 amide bonds. The van der Waals surface area contributed by atoms with Crippen molar-refractivity contribution < 1.29 is 19.2 Å². The van der Waals surface area contributed by atoms with Gasteiger partial charge in [0, 0.05) is 36.3 Å². The Balaban J connectivity index is 1.13. The molecule has 1 aliphatic heterocycles. The van der Waals surface area contributed by atoms with E-state index >= 15 is 0 Å². The van der Waals surface area contributed by atoms with Crippen molar-refractivity contribution in [1.82, 2.24) is 10.1 Å². The number of hydrogen-bond donors (Lipinski definition) is 1. The van der Waals surface area contributed by atoms with Crippen LogP contribution in [0, 0.1) is 11.8 Å². The van der Waals surface area contributed by atoms with Crippen molar-refractivity contribution in [2.75, 3.05) is 18.0 Å². The molecule has 2 saturated carbocycles. The molecule has 3 fully saturated rings. The summed E-state index contributed by atoms with van der Waals surface area (Å²) in [6.07, 6.45) is 5.77. The number of carboxylic acids is 1. The van der Waals surface area contributed by atoms with Gasteiger partial charge in [-0.15, -0.1) is 0 Å². The molecule has 2 atom stereocenters. The fraction of sp³-hybridized carbons (Fsp3) is 0.423. The summed E-state index contributed by atoms with van der Waals surface area (Å²) >= 11 is 12.9. The topological polar surface area (TPSA) is 88.7 Å². The number of pyridine rings is 1. The standard InChI is InChI=1S/C26H25Cl2N3O4/c27-20-2-1-3-21(28)23(20)24-19(25(35-30-24)14-4-5-14)13-34-18-8-16-11-31(12-17(16)9-18)22-7-6-15(10-29-22)26(32)33/h1-3,6-7,10,14,16-18H,4-5,8-9,11-13H2,(H,32,33). The Bertz CT molecular complexity index is 1220. The first-order valence-corrected chi connectivity index (χ1v) is 12.7. The van der Waals surface area contributed by atoms with E-state index in [-0.39, 0.29) is 11.7 Å². The number of nitrogens with zero attached hydrogens (tertiary/aromatic N) is 3. The average molecular weight is 514 g/mol. The van der Waals surface area contributed by atoms with Crippen molar-refractivity contribution in [2.24, 2.45) is 11.8 Å². The SMILES string of the molecule is O=C(O)c1ccc(N2CC3CC(OCc4c(-c5c(Cl)cccc5Cl)noc4C4CC4)CC3C2)nc1. The predicted octanol–water partition coefficient (Wildman–Crippen LogP) is 6.05. The highest BCUT2D eigenvalue weighted by atomic mass is 35.5. The monoisotopic (exact) mass is 513 g/mol. The molecular formula is C26H25Cl2N3O4. The molecule has 3 heterocycles. The van der Waals surface area contributed by atoms with E-state index in [1.54, 1.807) is 12.1 Å². The lowest BCUT2D eigenvalue weighted by Gasteiger charge is -2.20. The zero-order chi connectivity index (χ0) is 24.1. The van der Waals surface area contributed by atoms with Gasteiger partial charge in [-0.05, 0) is 61.8 Å². The number of carboxylic acid groups (broad SMARTS) is 1. The van der Waals surface area contributed by atoms with Crippen LogP contribution in [0.1, 0.15) is 53.3 Å². The molecule has 0 radical (unpaired) electrons. The van der Waals surface area contributed by atoms with Gasteiger partial charge in [0.05, 0.1) is 28.3 Å². The van der Waals surface area contributed by atoms with Crippen molar-refractivity contribution in [3.8, 4) is 11.3 Å². The molecule has 9 heteroatoms. The van der Waals surface area contributed by atoms with Gasteiger partial charge in [0.15, 0.2) is 0 Å². The molecular weight excluding hydrogens is 489 g/mol. The zero-order valence-electron chi connectivity index (χ0n) is 19.0. The number of halogens is 2. The van der Waals surface area contributed by atoms with Crippen molar-refractivity contribution in [3.05, 3.63) is 63.5 Å². The molecule has 0 spiro atoms. The number of anilines is 1. The first kappa shape index (κ1) is 22.8. The highest BCUT2D eigenvalue weighted by molar-refractivity contribution is 6.39. The van der Waals surface area contributed by atoms with Crippen LogP contribution in [0.4, 0.5) is 5.82 Å². The number of aromatic carboxylic acids is 1. The predicted molar refractivity (Wildman–Crippen MR) is 132 cm³/mol. The molecule has 1 aromatic carbocycles. The molecule has 2 unspecified atom stereocenters. The van der Waals surface area contributed by atoms with Crippen molar-refractivity contribution in [3.63, 3.8) is 0 Å². The number of fused-ring (bicyclic) bond motifs is 1. The van der Waals surface area contributed by atoms with E-state index in [0.29, 0.717) is 45.7 Å². The maximum Gasteiger partial charge on any atom is 0.337 e. The van der Waals surface area contributed by atoms with Gasteiger partial charge in [0.1, 0.15) is 17.3 Å². The number of aromatic nitrogens is 2. The van der Waals surface area contributed by atoms with Crippen LogP contribution in [0.3, 0.4) is 0 Å². The van der Waals surface area contributed by atoms with Crippen LogP contribution in [0.15, 0.2) is 41.1 Å². The summed E-state index contributed by atoms with van der Waals surface area (Å²) in [5.41, 5.74) is 2.55. The minimum atomic E-state index is -0.958. The van der Waals surface area contributed by atoms with Crippen LogP contribution in [0.25, 0.3) is 11.3 Å². The second-order valence-electron chi connectivity index (χ2n) is 9.78. The summed E-state index contributed by atoms with van der Waals surface area (Å²) in [7, 11) is 0. The molecule has 1 N–H and O–H groups in total. The summed E-state index contributed by atoms with van der Waals surface area (Å²) < 4.78 is 12.2. The van der Waals surface area contributed by atoms with Crippen LogP contribution >= 0.6 is 23.2 Å². The zero-order valence-corrected chi connectivity index (χ0v) is 20.5. The van der Waals surface area contributed by atoms with Gasteiger partial charge in [-0.2, -0.15) is 0 Å². The number of ether oxygens (including phenoxy) is 1. The number of carbonyl (C=O) groups is 1. The number of hydrogen-bond acceptors (Lipinski definition) is 6. The summed E-state index contributed by atoms with van der Waals surface area (Å²) in [5.74, 6) is 2.23. The third kappa shape index (κ3) is 4.41. The van der Waals surface area contributed by atoms with Gasteiger partial charge in [-0.1, -0.05) is 34.4 Å². The highest BCUT2D eigenvalue weighted by Crippen LogP contribution is 2.47. The molecule has 35 heavy (non-hydrogen) atoms. The van der Waals surface area contributed by atoms with Crippen molar-refractivity contribution >= 4 is 35.0 Å². The summed E-state index contributed by atoms with van der Waals surface area (Å²) in [6.45, 7) is 2.24. The van der Waals surface area contributed by atoms with Crippen LogP contribution in [-0.2, 0) is 11.3 Å². The molecule has 2 aromatic heterocycles. The van der Waals surface area contributed by atoms with Crippen molar-refractivity contribution in [1.29, 1.82) is 0 Å². The lowest BCUT2D eigenvalue weighted by atomic mass is 10.0. The Morgan fingerprint density at radius 1 is 1.11 bits per heavy atom. The lowest BCUT2D eigenvalue weighted by molar-refractivity contribution is 0.0402. The Kier molecular flexibility index (Phi) is 5.95. The second-order valence-corrected chi connectivity index (χ2v) is 10.6. The fourth-order valence-corrected chi connectivity index (χ4v) is 6.09. The maximum atomic E-state index is 11.1. The molecule has 0 bridgehead atoms. The van der Waals surface area contributed by atoms with Gasteiger partial charge >= 0.3 is 5.97 Å². The van der Waals surface area contributed by atoms with E-state index in [1.165, 1.54) is 6.20 Å². The van der Waals surface area contributed by atoms with Crippen LogP contribution in [0.5, 0.6) is 0 Å². The first-order valence-electron chi connectivity index (χ1n) is 12.0. The third-order valence-corrected chi connectivity index (χ3v) is 8.09. The minimum absolute atomic E-state index is 0.172. The molecule has 182 valence electrons. The molecule has 1 saturated heterocycles. The van der Waals surface area contributed by atoms with Crippen LogP contribution in [-0.4, -0.2) is 40.4 Å². The Morgan fingerprint density at radius 2 is 1.83 bits per heavy atom. The summed E-state index contributed by atoms with van der Waals surface area (Å²) in [6, 6.07) is 8.86. The smallest absolute Gasteiger partial charge is 0.337 e. The largest absolute Gasteiger partial charge is 0.478 e. The van der Waals surface area contributed by atoms with E-state index in [1.807, 2.05) is 18.2 Å². The third-order valence-electron chi connectivity index (χ3n) is 7.46. The Labute approximate surface area is 213 Å². The average Bonchev–Trinajstić information content (AvgIpc) is 3.31. The molecule has 7 nitrogen and oxygen atoms in total. The summed E-state index contributed by atoms with van der Waals surface area (Å²) in [4.78, 5) is 17.7. The molecule has 3 aromatic rings. The number of benzene rings is 1. The van der Waals surface area contributed by atoms with Gasteiger partial charge < -0.3 is 19.3 Å². The fourth-order valence-electron chi connectivity index (χ4n) is 5.52. The molecule has 3 aliphatic rings. The Morgan fingerprint density at radius 3 is 2.43 bits per heavy atom. The van der Waals surface area contributed by atoms with E-state index in [4.69, 9.17) is 37.6 Å². The second kappa shape index (κ2) is 9.12. The van der Waals surface area contributed by atoms with Gasteiger partial charge in [-0.25, -0.2) is 9.78 Å². The van der Waals surface area contributed by atoms with Gasteiger partial charge in [0.2, 0.25) is 0 Å². The van der Waals surface area contributed by atoms with E-state index in [9.17, 15) is 4.79 Å². The highest BCUT2D eigenvalue weighted by Gasteiger charge is 2.42. The van der Waals surface area contributed by atoms with Crippen molar-refractivity contribution in [2.45, 2.75) is 44.3 Å². The van der Waals surface area contributed by atoms with Crippen LogP contribution in [0.2, 0.25) is 10.0 Å². The normalized spacial score (nSPS) is 23.6. The first-order chi connectivity index (χ1) is 17.0. The Hall–Kier alpha value is -2.61. The minimum Gasteiger partial charge on any atom is -0.478 e. The van der Waals surface area contributed by atoms with E-state index < -0.39 is 5.97 Å². The lowest BCUT2D eigenvalue weighted by Crippen LogP contribution is -2.24. The van der Waals surface area contributed by atoms with Gasteiger partial charge in [0.25, 0.3) is 0 Å². The van der Waals surface area contributed by atoms with Crippen LogP contribution < -0.4 is 4.90 Å². The molecule has 2 aliphatic carbocycles. The summed E-state index contributed by atoms with van der Waals surface area (Å²) in [5, 5.41) is 14.5. The quantitative estimate of drug-likeness (QED) is 0.411.